The van der Waals surface area contributed by atoms with Gasteiger partial charge in [0.25, 0.3) is 0 Å². The lowest BCUT2D eigenvalue weighted by atomic mass is 10.4. The Hall–Kier alpha value is -0.820. The normalized spacial score (nSPS) is 12.4. The molecule has 1 atom stereocenters. The summed E-state index contributed by atoms with van der Waals surface area (Å²) in [5, 5.41) is 11.4. The number of carbonyl (C=O) groups is 1. The van der Waals surface area contributed by atoms with E-state index < -0.39 is 0 Å². The van der Waals surface area contributed by atoms with Crippen LogP contribution in [0.5, 0.6) is 0 Å². The molecule has 0 fully saturated rings. The molecule has 1 unspecified atom stereocenters. The van der Waals surface area contributed by atoms with E-state index in [1.165, 1.54) is 11.3 Å². The first kappa shape index (κ1) is 12.3. The lowest BCUT2D eigenvalue weighted by Gasteiger charge is -2.09. The molecule has 7 heteroatoms. The van der Waals surface area contributed by atoms with Gasteiger partial charge in [-0.05, 0) is 12.7 Å². The third-order valence-corrected chi connectivity index (χ3v) is 3.48. The maximum absolute atomic E-state index is 11.5. The van der Waals surface area contributed by atoms with Crippen molar-refractivity contribution in [3.8, 4) is 0 Å². The molecule has 0 spiro atoms. The number of hydrogen-bond acceptors (Lipinski definition) is 6. The second-order valence-corrected chi connectivity index (χ2v) is 5.56. The maximum atomic E-state index is 11.5. The number of carbonyl (C=O) groups excluding carboxylic acids is 1. The van der Waals surface area contributed by atoms with Gasteiger partial charge < -0.3 is 11.1 Å². The van der Waals surface area contributed by atoms with Crippen molar-refractivity contribution in [3.05, 3.63) is 5.01 Å². The Morgan fingerprint density at radius 1 is 1.67 bits per heavy atom. The van der Waals surface area contributed by atoms with Gasteiger partial charge in [0.1, 0.15) is 5.01 Å². The lowest BCUT2D eigenvalue weighted by molar-refractivity contribution is -0.120. The van der Waals surface area contributed by atoms with Crippen LogP contribution in [0.1, 0.15) is 18.9 Å². The van der Waals surface area contributed by atoms with Gasteiger partial charge in [-0.2, -0.15) is 0 Å². The minimum Gasteiger partial charge on any atom is -0.374 e. The van der Waals surface area contributed by atoms with Gasteiger partial charge in [-0.3, -0.25) is 4.79 Å². The average Bonchev–Trinajstić information content (AvgIpc) is 2.61. The first-order valence-electron chi connectivity index (χ1n) is 4.60. The predicted molar refractivity (Wildman–Crippen MR) is 63.8 cm³/mol. The second kappa shape index (κ2) is 5.92. The maximum Gasteiger partial charge on any atom is 0.233 e. The fourth-order valence-corrected chi connectivity index (χ4v) is 2.25. The smallest absolute Gasteiger partial charge is 0.233 e. The van der Waals surface area contributed by atoms with E-state index in [-0.39, 0.29) is 11.2 Å². The summed E-state index contributed by atoms with van der Waals surface area (Å²) in [5.41, 5.74) is 5.42. The van der Waals surface area contributed by atoms with Crippen LogP contribution in [0.2, 0.25) is 0 Å². The van der Waals surface area contributed by atoms with Gasteiger partial charge >= 0.3 is 0 Å². The highest BCUT2D eigenvalue weighted by molar-refractivity contribution is 8.00. The summed E-state index contributed by atoms with van der Waals surface area (Å²) in [4.78, 5) is 11.5. The molecule has 5 nitrogen and oxygen atoms in total. The number of nitrogens with two attached hydrogens (primary N) is 1. The monoisotopic (exact) mass is 246 g/mol. The number of hydrogen-bond donors (Lipinski definition) is 2. The van der Waals surface area contributed by atoms with Crippen molar-refractivity contribution in [2.24, 2.45) is 0 Å². The van der Waals surface area contributed by atoms with E-state index >= 15 is 0 Å². The molecule has 1 aromatic rings. The Morgan fingerprint density at radius 2 is 2.40 bits per heavy atom. The molecule has 0 radical (unpaired) electrons. The van der Waals surface area contributed by atoms with E-state index in [2.05, 4.69) is 15.5 Å². The largest absolute Gasteiger partial charge is 0.374 e. The number of thioether (sulfide) groups is 1. The topological polar surface area (TPSA) is 80.9 Å². The molecule has 1 amide bonds. The Morgan fingerprint density at radius 3 is 2.93 bits per heavy atom. The number of amides is 1. The van der Waals surface area contributed by atoms with Crippen LogP contribution in [-0.2, 0) is 11.3 Å². The molecule has 1 rings (SSSR count). The molecule has 0 saturated heterocycles. The van der Waals surface area contributed by atoms with Gasteiger partial charge in [-0.25, -0.2) is 0 Å². The van der Waals surface area contributed by atoms with Gasteiger partial charge in [0, 0.05) is 0 Å². The summed E-state index contributed by atoms with van der Waals surface area (Å²) in [7, 11) is 0. The number of aromatic nitrogens is 2. The summed E-state index contributed by atoms with van der Waals surface area (Å²) < 4.78 is 0. The van der Waals surface area contributed by atoms with Gasteiger partial charge in [0.05, 0.1) is 11.8 Å². The highest BCUT2D eigenvalue weighted by Gasteiger charge is 2.12. The highest BCUT2D eigenvalue weighted by atomic mass is 32.2. The van der Waals surface area contributed by atoms with Crippen LogP contribution < -0.4 is 11.1 Å². The fourth-order valence-electron chi connectivity index (χ4n) is 0.970. The van der Waals surface area contributed by atoms with E-state index in [0.29, 0.717) is 11.7 Å². The van der Waals surface area contributed by atoms with E-state index in [1.807, 2.05) is 13.8 Å². The third-order valence-electron chi connectivity index (χ3n) is 1.68. The van der Waals surface area contributed by atoms with E-state index in [0.717, 1.165) is 10.8 Å². The fraction of sp³-hybridized carbons (Fsp3) is 0.625. The van der Waals surface area contributed by atoms with Crippen molar-refractivity contribution in [2.45, 2.75) is 25.6 Å². The first-order chi connectivity index (χ1) is 7.13. The van der Waals surface area contributed by atoms with Crippen molar-refractivity contribution >= 4 is 34.1 Å². The van der Waals surface area contributed by atoms with Gasteiger partial charge in [0.15, 0.2) is 0 Å². The molecule has 0 aliphatic carbocycles. The molecule has 0 bridgehead atoms. The van der Waals surface area contributed by atoms with Crippen molar-refractivity contribution in [1.29, 1.82) is 0 Å². The van der Waals surface area contributed by atoms with Gasteiger partial charge in [-0.1, -0.05) is 18.3 Å². The predicted octanol–water partition coefficient (Wildman–Crippen LogP) is 0.878. The number of anilines is 1. The SMILES string of the molecule is CCSC(C)C(=O)NCc1nnc(N)s1. The lowest BCUT2D eigenvalue weighted by Crippen LogP contribution is -2.30. The molecule has 1 aromatic heterocycles. The minimum absolute atomic E-state index is 0.0237. The zero-order valence-corrected chi connectivity index (χ0v) is 10.3. The summed E-state index contributed by atoms with van der Waals surface area (Å²) in [6.07, 6.45) is 0. The molecular weight excluding hydrogens is 232 g/mol. The number of nitrogens with zero attached hydrogens (tertiary/aromatic N) is 2. The summed E-state index contributed by atoms with van der Waals surface area (Å²) in [6.45, 7) is 4.32. The minimum atomic E-state index is -0.0275. The van der Waals surface area contributed by atoms with Gasteiger partial charge in [-0.15, -0.1) is 22.0 Å². The molecule has 15 heavy (non-hydrogen) atoms. The van der Waals surface area contributed by atoms with Crippen molar-refractivity contribution < 1.29 is 4.79 Å². The van der Waals surface area contributed by atoms with Crippen molar-refractivity contribution in [2.75, 3.05) is 11.5 Å². The van der Waals surface area contributed by atoms with Crippen LogP contribution in [0.3, 0.4) is 0 Å². The highest BCUT2D eigenvalue weighted by Crippen LogP contribution is 2.12. The van der Waals surface area contributed by atoms with Crippen LogP contribution in [0.25, 0.3) is 0 Å². The third kappa shape index (κ3) is 4.05. The van der Waals surface area contributed by atoms with Crippen LogP contribution in [0.15, 0.2) is 0 Å². The van der Waals surface area contributed by atoms with Crippen LogP contribution in [0.4, 0.5) is 5.13 Å². The molecule has 0 saturated carbocycles. The molecule has 0 aromatic carbocycles. The van der Waals surface area contributed by atoms with E-state index in [9.17, 15) is 4.79 Å². The Labute approximate surface area is 96.8 Å². The molecule has 1 heterocycles. The Kier molecular flexibility index (Phi) is 4.83. The quantitative estimate of drug-likeness (QED) is 0.806. The molecular formula is C8H14N4OS2. The average molecular weight is 246 g/mol. The molecule has 0 aliphatic rings. The second-order valence-electron chi connectivity index (χ2n) is 2.85. The van der Waals surface area contributed by atoms with Crippen molar-refractivity contribution in [1.82, 2.24) is 15.5 Å². The van der Waals surface area contributed by atoms with E-state index in [4.69, 9.17) is 5.73 Å². The van der Waals surface area contributed by atoms with Crippen LogP contribution in [-0.4, -0.2) is 27.1 Å². The van der Waals surface area contributed by atoms with Crippen LogP contribution in [0, 0.1) is 0 Å². The summed E-state index contributed by atoms with van der Waals surface area (Å²) in [5.74, 6) is 0.955. The van der Waals surface area contributed by atoms with Gasteiger partial charge in [0.2, 0.25) is 11.0 Å². The number of rotatable bonds is 5. The first-order valence-corrected chi connectivity index (χ1v) is 6.47. The summed E-state index contributed by atoms with van der Waals surface area (Å²) in [6, 6.07) is 0. The molecule has 84 valence electrons. The van der Waals surface area contributed by atoms with Crippen molar-refractivity contribution in [3.63, 3.8) is 0 Å². The standard InChI is InChI=1S/C8H14N4OS2/c1-3-14-5(2)7(13)10-4-6-11-12-8(9)15-6/h5H,3-4H2,1-2H3,(H2,9,12)(H,10,13). The molecule has 0 aliphatic heterocycles. The summed E-state index contributed by atoms with van der Waals surface area (Å²) >= 11 is 2.90. The Balaban J connectivity index is 2.34. The number of nitrogen functional groups attached to an aromatic ring is 1. The number of nitrogens with one attached hydrogen (secondary N) is 1. The zero-order chi connectivity index (χ0) is 11.3. The molecule has 3 N–H and O–H groups in total. The Bertz CT molecular complexity index is 328. The zero-order valence-electron chi connectivity index (χ0n) is 8.69. The van der Waals surface area contributed by atoms with E-state index in [1.54, 1.807) is 11.8 Å². The van der Waals surface area contributed by atoms with Crippen LogP contribution >= 0.6 is 23.1 Å².